The predicted octanol–water partition coefficient (Wildman–Crippen LogP) is 1.49. The zero-order valence-electron chi connectivity index (χ0n) is 10.7. The van der Waals surface area contributed by atoms with Crippen molar-refractivity contribution in [1.29, 1.82) is 0 Å². The van der Waals surface area contributed by atoms with E-state index in [0.29, 0.717) is 23.8 Å². The molecule has 0 radical (unpaired) electrons. The molecular weight excluding hydrogens is 200 g/mol. The Labute approximate surface area is 98.6 Å². The van der Waals surface area contributed by atoms with E-state index in [1.807, 2.05) is 0 Å². The van der Waals surface area contributed by atoms with Crippen LogP contribution in [0.4, 0.5) is 0 Å². The molecular formula is C13H24N2O. The van der Waals surface area contributed by atoms with Crippen molar-refractivity contribution in [3.8, 4) is 0 Å². The third-order valence-corrected chi connectivity index (χ3v) is 4.31. The first kappa shape index (κ1) is 11.9. The first-order valence-electron chi connectivity index (χ1n) is 6.60. The van der Waals surface area contributed by atoms with Crippen molar-refractivity contribution in [3.63, 3.8) is 0 Å². The summed E-state index contributed by atoms with van der Waals surface area (Å²) in [7, 11) is 0. The van der Waals surface area contributed by atoms with Gasteiger partial charge >= 0.3 is 0 Å². The van der Waals surface area contributed by atoms with E-state index in [9.17, 15) is 4.79 Å². The Balaban J connectivity index is 1.96. The minimum atomic E-state index is 0.203. The molecule has 0 aromatic heterocycles. The average Bonchev–Trinajstić information content (AvgIpc) is 2.18. The third kappa shape index (κ3) is 2.24. The van der Waals surface area contributed by atoms with Crippen molar-refractivity contribution in [2.45, 2.75) is 39.7 Å². The quantitative estimate of drug-likeness (QED) is 0.770. The molecule has 3 heteroatoms. The molecule has 2 saturated heterocycles. The minimum Gasteiger partial charge on any atom is -0.339 e. The van der Waals surface area contributed by atoms with Crippen LogP contribution >= 0.6 is 0 Å². The van der Waals surface area contributed by atoms with Gasteiger partial charge in [0.2, 0.25) is 5.91 Å². The summed E-state index contributed by atoms with van der Waals surface area (Å²) in [6.07, 6.45) is 2.44. The van der Waals surface area contributed by atoms with Crippen molar-refractivity contribution in [1.82, 2.24) is 10.2 Å². The van der Waals surface area contributed by atoms with Crippen LogP contribution in [0.5, 0.6) is 0 Å². The van der Waals surface area contributed by atoms with Crippen LogP contribution in [0.25, 0.3) is 0 Å². The van der Waals surface area contributed by atoms with Gasteiger partial charge in [-0.05, 0) is 44.7 Å². The number of hydrogen-bond acceptors (Lipinski definition) is 2. The second kappa shape index (κ2) is 4.74. The number of nitrogens with zero attached hydrogens (tertiary/aromatic N) is 1. The molecule has 0 aromatic carbocycles. The molecule has 2 aliphatic heterocycles. The summed E-state index contributed by atoms with van der Waals surface area (Å²) in [6, 6.07) is 0.444. The number of carbonyl (C=O) groups is 1. The highest BCUT2D eigenvalue weighted by molar-refractivity contribution is 5.79. The van der Waals surface area contributed by atoms with E-state index in [-0.39, 0.29) is 5.92 Å². The number of likely N-dealkylation sites (tertiary alicyclic amines) is 1. The number of amides is 1. The molecule has 92 valence electrons. The van der Waals surface area contributed by atoms with Crippen LogP contribution in [-0.2, 0) is 4.79 Å². The minimum absolute atomic E-state index is 0.203. The number of carbonyl (C=O) groups excluding carboxylic acids is 1. The maximum absolute atomic E-state index is 12.4. The van der Waals surface area contributed by atoms with E-state index in [1.165, 1.54) is 12.8 Å². The van der Waals surface area contributed by atoms with E-state index in [0.717, 1.165) is 19.6 Å². The molecule has 1 amide bonds. The van der Waals surface area contributed by atoms with Crippen molar-refractivity contribution in [3.05, 3.63) is 0 Å². The standard InChI is InChI=1S/C13H24N2O/c1-9-4-5-10(2)15(8-9)13(16)11(3)12-6-14-7-12/h9-12,14H,4-8H2,1-3H3. The second-order valence-corrected chi connectivity index (χ2v) is 5.73. The second-order valence-electron chi connectivity index (χ2n) is 5.73. The molecule has 16 heavy (non-hydrogen) atoms. The topological polar surface area (TPSA) is 32.3 Å². The Bertz CT molecular complexity index is 263. The Morgan fingerprint density at radius 2 is 2.00 bits per heavy atom. The largest absolute Gasteiger partial charge is 0.339 e. The van der Waals surface area contributed by atoms with Gasteiger partial charge in [0.05, 0.1) is 0 Å². The summed E-state index contributed by atoms with van der Waals surface area (Å²) in [5, 5.41) is 3.25. The SMILES string of the molecule is CC1CCC(C)N(C(=O)C(C)C2CNC2)C1. The summed E-state index contributed by atoms with van der Waals surface area (Å²) in [5.74, 6) is 1.82. The lowest BCUT2D eigenvalue weighted by Gasteiger charge is -2.41. The van der Waals surface area contributed by atoms with Crippen LogP contribution in [0.15, 0.2) is 0 Å². The highest BCUT2D eigenvalue weighted by Crippen LogP contribution is 2.26. The highest BCUT2D eigenvalue weighted by Gasteiger charge is 2.35. The van der Waals surface area contributed by atoms with Gasteiger partial charge in [-0.15, -0.1) is 0 Å². The maximum atomic E-state index is 12.4. The van der Waals surface area contributed by atoms with Crippen LogP contribution < -0.4 is 5.32 Å². The molecule has 2 rings (SSSR count). The zero-order valence-corrected chi connectivity index (χ0v) is 10.7. The Morgan fingerprint density at radius 1 is 1.31 bits per heavy atom. The summed E-state index contributed by atoms with van der Waals surface area (Å²) in [6.45, 7) is 9.54. The van der Waals surface area contributed by atoms with Gasteiger partial charge in [0.1, 0.15) is 0 Å². The molecule has 1 N–H and O–H groups in total. The van der Waals surface area contributed by atoms with Gasteiger partial charge in [0, 0.05) is 18.5 Å². The van der Waals surface area contributed by atoms with E-state index in [4.69, 9.17) is 0 Å². The van der Waals surface area contributed by atoms with Crippen molar-refractivity contribution in [2.75, 3.05) is 19.6 Å². The van der Waals surface area contributed by atoms with Crippen LogP contribution in [0.1, 0.15) is 33.6 Å². The van der Waals surface area contributed by atoms with Gasteiger partial charge in [-0.2, -0.15) is 0 Å². The van der Waals surface area contributed by atoms with Gasteiger partial charge in [-0.3, -0.25) is 4.79 Å². The molecule has 3 nitrogen and oxygen atoms in total. The molecule has 3 unspecified atom stereocenters. The van der Waals surface area contributed by atoms with Gasteiger partial charge in [0.15, 0.2) is 0 Å². The molecule has 0 spiro atoms. The van der Waals surface area contributed by atoms with Crippen molar-refractivity contribution >= 4 is 5.91 Å². The van der Waals surface area contributed by atoms with E-state index in [2.05, 4.69) is 31.0 Å². The first-order chi connectivity index (χ1) is 7.59. The lowest BCUT2D eigenvalue weighted by molar-refractivity contribution is -0.141. The van der Waals surface area contributed by atoms with Crippen LogP contribution in [-0.4, -0.2) is 36.5 Å². The number of nitrogens with one attached hydrogen (secondary N) is 1. The summed E-state index contributed by atoms with van der Waals surface area (Å²) >= 11 is 0. The van der Waals surface area contributed by atoms with Gasteiger partial charge < -0.3 is 10.2 Å². The maximum Gasteiger partial charge on any atom is 0.226 e. The fourth-order valence-electron chi connectivity index (χ4n) is 2.72. The number of hydrogen-bond donors (Lipinski definition) is 1. The normalized spacial score (nSPS) is 33.3. The first-order valence-corrected chi connectivity index (χ1v) is 6.60. The molecule has 0 aromatic rings. The molecule has 0 saturated carbocycles. The fourth-order valence-corrected chi connectivity index (χ4v) is 2.72. The third-order valence-electron chi connectivity index (χ3n) is 4.31. The number of rotatable bonds is 2. The van der Waals surface area contributed by atoms with E-state index >= 15 is 0 Å². The highest BCUT2D eigenvalue weighted by atomic mass is 16.2. The van der Waals surface area contributed by atoms with Crippen LogP contribution in [0, 0.1) is 17.8 Å². The van der Waals surface area contributed by atoms with Crippen molar-refractivity contribution < 1.29 is 4.79 Å². The monoisotopic (exact) mass is 224 g/mol. The van der Waals surface area contributed by atoms with Crippen molar-refractivity contribution in [2.24, 2.45) is 17.8 Å². The number of piperidine rings is 1. The molecule has 2 fully saturated rings. The summed E-state index contributed by atoms with van der Waals surface area (Å²) in [4.78, 5) is 14.5. The van der Waals surface area contributed by atoms with Crippen LogP contribution in [0.2, 0.25) is 0 Å². The Kier molecular flexibility index (Phi) is 3.53. The molecule has 2 heterocycles. The fraction of sp³-hybridized carbons (Fsp3) is 0.923. The zero-order chi connectivity index (χ0) is 11.7. The lowest BCUT2D eigenvalue weighted by Crippen LogP contribution is -2.53. The summed E-state index contributed by atoms with van der Waals surface area (Å²) in [5.41, 5.74) is 0. The average molecular weight is 224 g/mol. The van der Waals surface area contributed by atoms with E-state index < -0.39 is 0 Å². The Morgan fingerprint density at radius 3 is 2.56 bits per heavy atom. The molecule has 2 aliphatic rings. The predicted molar refractivity (Wildman–Crippen MR) is 65.1 cm³/mol. The van der Waals surface area contributed by atoms with Gasteiger partial charge in [0.25, 0.3) is 0 Å². The molecule has 0 bridgehead atoms. The van der Waals surface area contributed by atoms with Gasteiger partial charge in [-0.25, -0.2) is 0 Å². The van der Waals surface area contributed by atoms with Gasteiger partial charge in [-0.1, -0.05) is 13.8 Å². The summed E-state index contributed by atoms with van der Waals surface area (Å²) < 4.78 is 0. The smallest absolute Gasteiger partial charge is 0.226 e. The Hall–Kier alpha value is -0.570. The molecule has 3 atom stereocenters. The molecule has 0 aliphatic carbocycles. The van der Waals surface area contributed by atoms with E-state index in [1.54, 1.807) is 0 Å². The van der Waals surface area contributed by atoms with Crippen LogP contribution in [0.3, 0.4) is 0 Å². The lowest BCUT2D eigenvalue weighted by atomic mass is 9.86.